The molecule has 3 aliphatic rings. The van der Waals surface area contributed by atoms with Crippen molar-refractivity contribution in [1.29, 1.82) is 0 Å². The van der Waals surface area contributed by atoms with Crippen LogP contribution in [0.4, 0.5) is 0 Å². The van der Waals surface area contributed by atoms with Gasteiger partial charge < -0.3 is 5.11 Å². The van der Waals surface area contributed by atoms with Crippen LogP contribution in [0.15, 0.2) is 89.9 Å². The molecule has 1 N–H and O–H groups in total. The van der Waals surface area contributed by atoms with Crippen molar-refractivity contribution in [3.63, 3.8) is 0 Å². The highest BCUT2D eigenvalue weighted by molar-refractivity contribution is 6.30. The summed E-state index contributed by atoms with van der Waals surface area (Å²) in [6.45, 7) is 2.16. The summed E-state index contributed by atoms with van der Waals surface area (Å²) in [6.07, 6.45) is 1.31. The van der Waals surface area contributed by atoms with E-state index in [1.54, 1.807) is 6.07 Å². The molecule has 2 atom stereocenters. The van der Waals surface area contributed by atoms with E-state index in [-0.39, 0.29) is 12.0 Å². The maximum Gasteiger partial charge on any atom is 0.171 e. The van der Waals surface area contributed by atoms with E-state index in [4.69, 9.17) is 16.6 Å². The fourth-order valence-electron chi connectivity index (χ4n) is 5.23. The molecule has 0 saturated carbocycles. The van der Waals surface area contributed by atoms with Gasteiger partial charge in [0.15, 0.2) is 6.23 Å². The summed E-state index contributed by atoms with van der Waals surface area (Å²) < 4.78 is 0. The number of aliphatic hydroxyl groups is 1. The minimum Gasteiger partial charge on any atom is -0.368 e. The third kappa shape index (κ3) is 4.18. The van der Waals surface area contributed by atoms with Crippen LogP contribution in [0.2, 0.25) is 5.02 Å². The highest BCUT2D eigenvalue weighted by Crippen LogP contribution is 2.41. The van der Waals surface area contributed by atoms with E-state index in [1.165, 1.54) is 11.1 Å². The van der Waals surface area contributed by atoms with E-state index < -0.39 is 6.23 Å². The van der Waals surface area contributed by atoms with Gasteiger partial charge in [-0.1, -0.05) is 84.4 Å². The fraction of sp³-hybridized carbons (Fsp3) is 0.296. The molecular formula is C27H27ClN2O. The van der Waals surface area contributed by atoms with Gasteiger partial charge in [-0.05, 0) is 49.2 Å². The molecule has 31 heavy (non-hydrogen) atoms. The lowest BCUT2D eigenvalue weighted by atomic mass is 9.72. The van der Waals surface area contributed by atoms with Gasteiger partial charge in [0.25, 0.3) is 0 Å². The average molecular weight is 431 g/mol. The van der Waals surface area contributed by atoms with E-state index in [9.17, 15) is 5.11 Å². The molecule has 0 aromatic heterocycles. The third-order valence-corrected chi connectivity index (χ3v) is 6.93. The summed E-state index contributed by atoms with van der Waals surface area (Å²) >= 11 is 6.17. The first-order chi connectivity index (χ1) is 15.2. The van der Waals surface area contributed by atoms with Crippen LogP contribution in [-0.4, -0.2) is 34.8 Å². The lowest BCUT2D eigenvalue weighted by Gasteiger charge is -2.50. The Morgan fingerprint density at radius 1 is 0.806 bits per heavy atom. The number of nitrogens with zero attached hydrogens (tertiary/aromatic N) is 2. The van der Waals surface area contributed by atoms with Gasteiger partial charge in [0, 0.05) is 28.1 Å². The number of rotatable bonds is 5. The smallest absolute Gasteiger partial charge is 0.171 e. The quantitative estimate of drug-likeness (QED) is 0.563. The molecule has 0 amide bonds. The first-order valence-electron chi connectivity index (χ1n) is 11.1. The number of hydrogen-bond donors (Lipinski definition) is 1. The van der Waals surface area contributed by atoms with Crippen molar-refractivity contribution in [2.75, 3.05) is 13.1 Å². The minimum atomic E-state index is -0.899. The van der Waals surface area contributed by atoms with Crippen LogP contribution >= 0.6 is 11.6 Å². The molecule has 2 unspecified atom stereocenters. The molecule has 3 nitrogen and oxygen atoms in total. The molecule has 3 aromatic carbocycles. The van der Waals surface area contributed by atoms with Crippen molar-refractivity contribution in [1.82, 2.24) is 4.90 Å². The molecule has 3 aromatic rings. The van der Waals surface area contributed by atoms with Crippen molar-refractivity contribution < 1.29 is 5.11 Å². The van der Waals surface area contributed by atoms with Crippen LogP contribution in [0, 0.1) is 5.92 Å². The topological polar surface area (TPSA) is 35.8 Å². The molecule has 0 radical (unpaired) electrons. The van der Waals surface area contributed by atoms with Crippen LogP contribution in [-0.2, 0) is 0 Å². The van der Waals surface area contributed by atoms with Crippen molar-refractivity contribution in [2.24, 2.45) is 10.9 Å². The van der Waals surface area contributed by atoms with Gasteiger partial charge in [0.1, 0.15) is 0 Å². The molecule has 158 valence electrons. The maximum absolute atomic E-state index is 11.0. The molecule has 3 aliphatic heterocycles. The zero-order valence-electron chi connectivity index (χ0n) is 17.4. The van der Waals surface area contributed by atoms with Gasteiger partial charge in [-0.3, -0.25) is 9.89 Å². The second-order valence-electron chi connectivity index (χ2n) is 8.54. The van der Waals surface area contributed by atoms with Gasteiger partial charge in [-0.15, -0.1) is 0 Å². The second kappa shape index (κ2) is 8.96. The lowest BCUT2D eigenvalue weighted by Crippen LogP contribution is -2.58. The van der Waals surface area contributed by atoms with E-state index >= 15 is 0 Å². The molecule has 3 heterocycles. The Hall–Kier alpha value is -2.46. The van der Waals surface area contributed by atoms with Gasteiger partial charge in [0.05, 0.1) is 6.04 Å². The molecule has 6 rings (SSSR count). The van der Waals surface area contributed by atoms with Gasteiger partial charge >= 0.3 is 0 Å². The largest absolute Gasteiger partial charge is 0.368 e. The maximum atomic E-state index is 11.0. The van der Waals surface area contributed by atoms with E-state index in [1.807, 2.05) is 18.2 Å². The third-order valence-electron chi connectivity index (χ3n) is 6.70. The van der Waals surface area contributed by atoms with Crippen LogP contribution < -0.4 is 0 Å². The Balaban J connectivity index is 1.60. The molecule has 4 heteroatoms. The summed E-state index contributed by atoms with van der Waals surface area (Å²) in [7, 11) is 0. The van der Waals surface area contributed by atoms with Crippen molar-refractivity contribution in [3.05, 3.63) is 107 Å². The zero-order chi connectivity index (χ0) is 21.2. The summed E-state index contributed by atoms with van der Waals surface area (Å²) in [6, 6.07) is 29.0. The summed E-state index contributed by atoms with van der Waals surface area (Å²) in [5.41, 5.74) is 4.45. The molecule has 0 spiro atoms. The second-order valence-corrected chi connectivity index (χ2v) is 8.97. The van der Waals surface area contributed by atoms with E-state index in [0.717, 1.165) is 37.2 Å². The molecule has 0 aliphatic carbocycles. The van der Waals surface area contributed by atoms with Gasteiger partial charge in [-0.25, -0.2) is 0 Å². The number of halogens is 1. The normalized spacial score (nSPS) is 25.1. The van der Waals surface area contributed by atoms with Crippen molar-refractivity contribution in [2.45, 2.75) is 31.0 Å². The molecular weight excluding hydrogens is 404 g/mol. The number of hydrogen-bond acceptors (Lipinski definition) is 3. The first kappa shape index (κ1) is 20.4. The average Bonchev–Trinajstić information content (AvgIpc) is 2.82. The highest BCUT2D eigenvalue weighted by Gasteiger charge is 2.44. The predicted octanol–water partition coefficient (Wildman–Crippen LogP) is 5.70. The zero-order valence-corrected chi connectivity index (χ0v) is 18.2. The summed E-state index contributed by atoms with van der Waals surface area (Å²) in [4.78, 5) is 7.52. The number of benzene rings is 3. The van der Waals surface area contributed by atoms with Crippen molar-refractivity contribution in [3.8, 4) is 0 Å². The lowest BCUT2D eigenvalue weighted by molar-refractivity contribution is 0.128. The standard InChI is InChI=1S/C27H27ClN2O/c28-23-13-7-12-22(18-23)27(31)29-25-21-14-16-30(17-15-21)26(25)24(19-8-3-1-4-9-19)20-10-5-2-6-11-20/h1-13,18,21,24,26-27,31H,14-17H2. The Kier molecular flexibility index (Phi) is 5.91. The number of aliphatic imine (C=N–C) groups is 1. The van der Waals surface area contributed by atoms with Crippen molar-refractivity contribution >= 4 is 17.3 Å². The van der Waals surface area contributed by atoms with E-state index in [0.29, 0.717) is 10.9 Å². The monoisotopic (exact) mass is 430 g/mol. The Bertz CT molecular complexity index is 1010. The molecule has 3 saturated heterocycles. The van der Waals surface area contributed by atoms with Crippen LogP contribution in [0.25, 0.3) is 0 Å². The van der Waals surface area contributed by atoms with Gasteiger partial charge in [0.2, 0.25) is 0 Å². The van der Waals surface area contributed by atoms with Crippen LogP contribution in [0.5, 0.6) is 0 Å². The highest BCUT2D eigenvalue weighted by atomic mass is 35.5. The Labute approximate surface area is 189 Å². The van der Waals surface area contributed by atoms with Crippen LogP contribution in [0.3, 0.4) is 0 Å². The Morgan fingerprint density at radius 2 is 1.39 bits per heavy atom. The Morgan fingerprint density at radius 3 is 1.97 bits per heavy atom. The number of fused-ring (bicyclic) bond motifs is 3. The molecule has 2 bridgehead atoms. The summed E-state index contributed by atoms with van der Waals surface area (Å²) in [5, 5.41) is 11.6. The summed E-state index contributed by atoms with van der Waals surface area (Å²) in [5.74, 6) is 0.592. The van der Waals surface area contributed by atoms with Crippen LogP contribution in [0.1, 0.15) is 41.7 Å². The predicted molar refractivity (Wildman–Crippen MR) is 127 cm³/mol. The SMILES string of the molecule is OC(N=C1C2CCN(CC2)C1C(c1ccccc1)c1ccccc1)c1cccc(Cl)c1. The number of aliphatic hydroxyl groups excluding tert-OH is 1. The molecule has 3 fully saturated rings. The number of piperidine rings is 3. The van der Waals surface area contributed by atoms with Gasteiger partial charge in [-0.2, -0.15) is 0 Å². The van der Waals surface area contributed by atoms with E-state index in [2.05, 4.69) is 65.6 Å². The first-order valence-corrected chi connectivity index (χ1v) is 11.4. The fourth-order valence-corrected chi connectivity index (χ4v) is 5.42. The minimum absolute atomic E-state index is 0.145.